The van der Waals surface area contributed by atoms with Crippen molar-refractivity contribution < 1.29 is 18.7 Å². The molecule has 0 bridgehead atoms. The summed E-state index contributed by atoms with van der Waals surface area (Å²) in [7, 11) is 0. The number of benzene rings is 1. The summed E-state index contributed by atoms with van der Waals surface area (Å²) >= 11 is 0. The average Bonchev–Trinajstić information content (AvgIpc) is 2.77. The fourth-order valence-corrected chi connectivity index (χ4v) is 2.38. The SMILES string of the molecule is C[C@@H](c1ccc(F)cc1F)N1CC[C@H](C(=O)O)C1. The van der Waals surface area contributed by atoms with E-state index in [1.54, 1.807) is 6.92 Å². The third-order valence-corrected chi connectivity index (χ3v) is 3.53. The standard InChI is InChI=1S/C13H15F2NO2/c1-8(11-3-2-10(14)6-12(11)15)16-5-4-9(7-16)13(17)18/h2-3,6,8-9H,4-5,7H2,1H3,(H,17,18)/t8-,9-/m0/s1. The number of likely N-dealkylation sites (tertiary alicyclic amines) is 1. The maximum absolute atomic E-state index is 13.6. The van der Waals surface area contributed by atoms with E-state index in [0.29, 0.717) is 25.1 Å². The van der Waals surface area contributed by atoms with Gasteiger partial charge >= 0.3 is 5.97 Å². The molecule has 1 aliphatic rings. The van der Waals surface area contributed by atoms with Crippen LogP contribution in [0.1, 0.15) is 24.9 Å². The quantitative estimate of drug-likeness (QED) is 0.901. The third-order valence-electron chi connectivity index (χ3n) is 3.53. The van der Waals surface area contributed by atoms with Crippen molar-refractivity contribution in [3.63, 3.8) is 0 Å². The van der Waals surface area contributed by atoms with Crippen LogP contribution in [0.4, 0.5) is 8.78 Å². The summed E-state index contributed by atoms with van der Waals surface area (Å²) in [5.41, 5.74) is 0.405. The molecule has 0 amide bonds. The Morgan fingerprint density at radius 1 is 1.50 bits per heavy atom. The Hall–Kier alpha value is -1.49. The van der Waals surface area contributed by atoms with E-state index < -0.39 is 23.5 Å². The summed E-state index contributed by atoms with van der Waals surface area (Å²) in [6.07, 6.45) is 0.572. The van der Waals surface area contributed by atoms with Crippen LogP contribution >= 0.6 is 0 Å². The second kappa shape index (κ2) is 5.02. The molecule has 0 saturated carbocycles. The van der Waals surface area contributed by atoms with Crippen LogP contribution in [0.15, 0.2) is 18.2 Å². The van der Waals surface area contributed by atoms with Crippen molar-refractivity contribution in [1.29, 1.82) is 0 Å². The lowest BCUT2D eigenvalue weighted by Gasteiger charge is -2.24. The minimum absolute atomic E-state index is 0.241. The van der Waals surface area contributed by atoms with Crippen LogP contribution in [0.2, 0.25) is 0 Å². The van der Waals surface area contributed by atoms with Crippen LogP contribution < -0.4 is 0 Å². The van der Waals surface area contributed by atoms with Gasteiger partial charge in [-0.3, -0.25) is 9.69 Å². The van der Waals surface area contributed by atoms with Crippen LogP contribution in [0, 0.1) is 17.6 Å². The number of halogens is 2. The molecule has 1 fully saturated rings. The van der Waals surface area contributed by atoms with E-state index in [4.69, 9.17) is 5.11 Å². The molecule has 3 nitrogen and oxygen atoms in total. The van der Waals surface area contributed by atoms with E-state index in [2.05, 4.69) is 0 Å². The second-order valence-corrected chi connectivity index (χ2v) is 4.66. The number of aliphatic carboxylic acids is 1. The van der Waals surface area contributed by atoms with E-state index >= 15 is 0 Å². The molecule has 0 aromatic heterocycles. The highest BCUT2D eigenvalue weighted by molar-refractivity contribution is 5.70. The van der Waals surface area contributed by atoms with E-state index in [1.165, 1.54) is 12.1 Å². The van der Waals surface area contributed by atoms with Gasteiger partial charge in [-0.2, -0.15) is 0 Å². The summed E-state index contributed by atoms with van der Waals surface area (Å²) < 4.78 is 26.5. The van der Waals surface area contributed by atoms with Crippen molar-refractivity contribution in [2.75, 3.05) is 13.1 Å². The van der Waals surface area contributed by atoms with Crippen molar-refractivity contribution in [3.8, 4) is 0 Å². The van der Waals surface area contributed by atoms with Gasteiger partial charge in [0.15, 0.2) is 0 Å². The lowest BCUT2D eigenvalue weighted by Crippen LogP contribution is -2.26. The molecule has 1 N–H and O–H groups in total. The number of carboxylic acid groups (broad SMARTS) is 1. The summed E-state index contributed by atoms with van der Waals surface area (Å²) in [5, 5.41) is 8.92. The molecule has 0 spiro atoms. The van der Waals surface area contributed by atoms with Crippen LogP contribution in [-0.4, -0.2) is 29.1 Å². The zero-order valence-corrected chi connectivity index (χ0v) is 10.1. The Kier molecular flexibility index (Phi) is 3.61. The molecule has 2 atom stereocenters. The zero-order valence-electron chi connectivity index (χ0n) is 10.1. The van der Waals surface area contributed by atoms with Crippen LogP contribution in [0.25, 0.3) is 0 Å². The lowest BCUT2D eigenvalue weighted by atomic mass is 10.1. The predicted molar refractivity (Wildman–Crippen MR) is 62.1 cm³/mol. The molecule has 0 aliphatic carbocycles. The zero-order chi connectivity index (χ0) is 13.3. The minimum atomic E-state index is -0.815. The van der Waals surface area contributed by atoms with Crippen molar-refractivity contribution in [1.82, 2.24) is 4.90 Å². The molecule has 1 saturated heterocycles. The van der Waals surface area contributed by atoms with Crippen LogP contribution in [-0.2, 0) is 4.79 Å². The highest BCUT2D eigenvalue weighted by Gasteiger charge is 2.31. The van der Waals surface area contributed by atoms with E-state index in [1.807, 2.05) is 4.90 Å². The van der Waals surface area contributed by atoms with Gasteiger partial charge in [-0.1, -0.05) is 6.07 Å². The van der Waals surface area contributed by atoms with Gasteiger partial charge in [0.25, 0.3) is 0 Å². The Morgan fingerprint density at radius 3 is 2.78 bits per heavy atom. The van der Waals surface area contributed by atoms with E-state index in [9.17, 15) is 13.6 Å². The minimum Gasteiger partial charge on any atom is -0.481 e. The molecule has 1 aromatic rings. The molecule has 0 unspecified atom stereocenters. The normalized spacial score (nSPS) is 22.1. The van der Waals surface area contributed by atoms with Gasteiger partial charge in [-0.05, 0) is 26.0 Å². The monoisotopic (exact) mass is 255 g/mol. The second-order valence-electron chi connectivity index (χ2n) is 4.66. The van der Waals surface area contributed by atoms with Gasteiger partial charge < -0.3 is 5.11 Å². The van der Waals surface area contributed by atoms with Crippen LogP contribution in [0.5, 0.6) is 0 Å². The fraction of sp³-hybridized carbons (Fsp3) is 0.462. The van der Waals surface area contributed by atoms with Crippen molar-refractivity contribution in [2.45, 2.75) is 19.4 Å². The number of nitrogens with zero attached hydrogens (tertiary/aromatic N) is 1. The van der Waals surface area contributed by atoms with Gasteiger partial charge in [0.1, 0.15) is 11.6 Å². The molecule has 1 aliphatic heterocycles. The predicted octanol–water partition coefficient (Wildman–Crippen LogP) is 2.43. The molecule has 0 radical (unpaired) electrons. The van der Waals surface area contributed by atoms with Gasteiger partial charge in [0, 0.05) is 24.2 Å². The highest BCUT2D eigenvalue weighted by atomic mass is 19.1. The summed E-state index contributed by atoms with van der Waals surface area (Å²) in [6.45, 7) is 2.84. The molecule has 98 valence electrons. The Morgan fingerprint density at radius 2 is 2.22 bits per heavy atom. The van der Waals surface area contributed by atoms with Crippen molar-refractivity contribution in [2.24, 2.45) is 5.92 Å². The third kappa shape index (κ3) is 2.51. The van der Waals surface area contributed by atoms with Crippen molar-refractivity contribution in [3.05, 3.63) is 35.4 Å². The molecule has 2 rings (SSSR count). The number of hydrogen-bond acceptors (Lipinski definition) is 2. The number of rotatable bonds is 3. The van der Waals surface area contributed by atoms with E-state index in [0.717, 1.165) is 6.07 Å². The number of carboxylic acids is 1. The smallest absolute Gasteiger partial charge is 0.307 e. The lowest BCUT2D eigenvalue weighted by molar-refractivity contribution is -0.141. The Labute approximate surface area is 104 Å². The first-order valence-corrected chi connectivity index (χ1v) is 5.91. The Bertz CT molecular complexity index is 464. The first-order valence-electron chi connectivity index (χ1n) is 5.91. The maximum Gasteiger partial charge on any atom is 0.307 e. The number of hydrogen-bond donors (Lipinski definition) is 1. The first-order chi connectivity index (χ1) is 8.49. The molecular formula is C13H15F2NO2. The average molecular weight is 255 g/mol. The summed E-state index contributed by atoms with van der Waals surface area (Å²) in [6, 6.07) is 3.26. The van der Waals surface area contributed by atoms with E-state index in [-0.39, 0.29) is 6.04 Å². The molecule has 1 heterocycles. The van der Waals surface area contributed by atoms with Crippen LogP contribution in [0.3, 0.4) is 0 Å². The maximum atomic E-state index is 13.6. The first kappa shape index (κ1) is 13.0. The highest BCUT2D eigenvalue weighted by Crippen LogP contribution is 2.29. The largest absolute Gasteiger partial charge is 0.481 e. The van der Waals surface area contributed by atoms with Gasteiger partial charge in [0.05, 0.1) is 5.92 Å². The molecular weight excluding hydrogens is 240 g/mol. The summed E-state index contributed by atoms with van der Waals surface area (Å²) in [4.78, 5) is 12.8. The van der Waals surface area contributed by atoms with Gasteiger partial charge in [-0.25, -0.2) is 8.78 Å². The Balaban J connectivity index is 2.12. The molecule has 1 aromatic carbocycles. The summed E-state index contributed by atoms with van der Waals surface area (Å²) in [5.74, 6) is -2.39. The molecule has 18 heavy (non-hydrogen) atoms. The van der Waals surface area contributed by atoms with Gasteiger partial charge in [-0.15, -0.1) is 0 Å². The topological polar surface area (TPSA) is 40.5 Å². The number of carbonyl (C=O) groups is 1. The molecule has 5 heteroatoms. The van der Waals surface area contributed by atoms with Crippen molar-refractivity contribution >= 4 is 5.97 Å². The fourth-order valence-electron chi connectivity index (χ4n) is 2.38. The van der Waals surface area contributed by atoms with Gasteiger partial charge in [0.2, 0.25) is 0 Å².